The van der Waals surface area contributed by atoms with E-state index in [1.807, 2.05) is 27.7 Å². The van der Waals surface area contributed by atoms with Gasteiger partial charge in [-0.15, -0.1) is 0 Å². The van der Waals surface area contributed by atoms with Crippen LogP contribution in [0.1, 0.15) is 44.6 Å². The molecule has 0 spiro atoms. The minimum atomic E-state index is -3.80. The van der Waals surface area contributed by atoms with E-state index in [0.29, 0.717) is 18.8 Å². The molecule has 0 unspecified atom stereocenters. The lowest BCUT2D eigenvalue weighted by Crippen LogP contribution is -2.33. The number of aryl methyl sites for hydroxylation is 1. The van der Waals surface area contributed by atoms with Gasteiger partial charge in [-0.3, -0.25) is 4.79 Å². The molecule has 1 amide bonds. The van der Waals surface area contributed by atoms with Gasteiger partial charge in [-0.25, -0.2) is 13.6 Å². The number of carbonyl (C=O) groups excluding carboxylic acids is 1. The third-order valence-electron chi connectivity index (χ3n) is 2.68. The minimum Gasteiger partial charge on any atom is -0.350 e. The molecule has 0 bridgehead atoms. The van der Waals surface area contributed by atoms with Crippen LogP contribution in [0.25, 0.3) is 0 Å². The Balaban J connectivity index is 3.03. The van der Waals surface area contributed by atoms with Gasteiger partial charge >= 0.3 is 0 Å². The Morgan fingerprint density at radius 3 is 2.45 bits per heavy atom. The molecule has 0 aliphatic carbocycles. The first-order valence-electron chi connectivity index (χ1n) is 6.56. The molecule has 1 rings (SSSR count). The van der Waals surface area contributed by atoms with Crippen molar-refractivity contribution < 1.29 is 13.2 Å². The van der Waals surface area contributed by atoms with E-state index in [0.717, 1.165) is 6.42 Å². The molecule has 20 heavy (non-hydrogen) atoms. The highest BCUT2D eigenvalue weighted by Crippen LogP contribution is 2.15. The smallest absolute Gasteiger partial charge is 0.267 e. The second kappa shape index (κ2) is 5.97. The molecule has 7 heteroatoms. The maximum atomic E-state index is 12.2. The van der Waals surface area contributed by atoms with Gasteiger partial charge in [-0.2, -0.15) is 0 Å². The van der Waals surface area contributed by atoms with Crippen molar-refractivity contribution in [2.45, 2.75) is 45.6 Å². The van der Waals surface area contributed by atoms with Crippen molar-refractivity contribution in [1.82, 2.24) is 9.88 Å². The predicted molar refractivity (Wildman–Crippen MR) is 77.9 cm³/mol. The molecule has 0 aliphatic rings. The van der Waals surface area contributed by atoms with Gasteiger partial charge in [0.2, 0.25) is 10.0 Å². The molecule has 3 N–H and O–H groups in total. The molecule has 0 fully saturated rings. The van der Waals surface area contributed by atoms with Gasteiger partial charge in [0.25, 0.3) is 5.91 Å². The first kappa shape index (κ1) is 16.7. The van der Waals surface area contributed by atoms with Crippen molar-refractivity contribution in [3.05, 3.63) is 18.0 Å². The van der Waals surface area contributed by atoms with Crippen LogP contribution in [-0.2, 0) is 16.6 Å². The molecule has 6 nitrogen and oxygen atoms in total. The number of aromatic nitrogens is 1. The number of nitrogens with one attached hydrogen (secondary N) is 1. The lowest BCUT2D eigenvalue weighted by molar-refractivity contribution is 0.0930. The second-order valence-electron chi connectivity index (χ2n) is 6.04. The fourth-order valence-electron chi connectivity index (χ4n) is 1.69. The number of carbonyl (C=O) groups is 1. The number of nitrogens with two attached hydrogens (primary N) is 1. The third-order valence-corrected chi connectivity index (χ3v) is 3.56. The quantitative estimate of drug-likeness (QED) is 0.858. The Morgan fingerprint density at radius 2 is 2.00 bits per heavy atom. The summed E-state index contributed by atoms with van der Waals surface area (Å²) in [7, 11) is -3.80. The van der Waals surface area contributed by atoms with Crippen molar-refractivity contribution >= 4 is 15.9 Å². The predicted octanol–water partition coefficient (Wildman–Crippen LogP) is 1.32. The summed E-state index contributed by atoms with van der Waals surface area (Å²) < 4.78 is 24.4. The van der Waals surface area contributed by atoms with Gasteiger partial charge in [0, 0.05) is 19.3 Å². The summed E-state index contributed by atoms with van der Waals surface area (Å²) in [6.45, 7) is 9.05. The van der Waals surface area contributed by atoms with Gasteiger partial charge in [0.05, 0.1) is 0 Å². The largest absolute Gasteiger partial charge is 0.350 e. The van der Waals surface area contributed by atoms with Gasteiger partial charge < -0.3 is 9.88 Å². The zero-order valence-corrected chi connectivity index (χ0v) is 13.3. The third kappa shape index (κ3) is 4.64. The number of hydrogen-bond acceptors (Lipinski definition) is 3. The van der Waals surface area contributed by atoms with Crippen LogP contribution in [0.15, 0.2) is 17.2 Å². The van der Waals surface area contributed by atoms with Crippen LogP contribution in [0.3, 0.4) is 0 Å². The van der Waals surface area contributed by atoms with Crippen molar-refractivity contribution in [2.75, 3.05) is 6.54 Å². The van der Waals surface area contributed by atoms with Crippen LogP contribution in [0.4, 0.5) is 0 Å². The Morgan fingerprint density at radius 1 is 1.40 bits per heavy atom. The van der Waals surface area contributed by atoms with Crippen LogP contribution < -0.4 is 10.5 Å². The van der Waals surface area contributed by atoms with E-state index < -0.39 is 10.0 Å². The number of sulfonamides is 1. The molecule has 1 heterocycles. The molecule has 0 radical (unpaired) electrons. The van der Waals surface area contributed by atoms with Crippen LogP contribution in [0, 0.1) is 5.41 Å². The van der Waals surface area contributed by atoms with Crippen LogP contribution in [-0.4, -0.2) is 25.4 Å². The number of hydrogen-bond donors (Lipinski definition) is 2. The molecular formula is C13H23N3O3S. The Labute approximate surface area is 120 Å². The average molecular weight is 301 g/mol. The Hall–Kier alpha value is -1.34. The summed E-state index contributed by atoms with van der Waals surface area (Å²) in [6.07, 6.45) is 2.20. The number of amides is 1. The monoisotopic (exact) mass is 301 g/mol. The first-order valence-corrected chi connectivity index (χ1v) is 8.10. The van der Waals surface area contributed by atoms with Crippen LogP contribution in [0.2, 0.25) is 0 Å². The van der Waals surface area contributed by atoms with E-state index in [1.165, 1.54) is 12.3 Å². The van der Waals surface area contributed by atoms with E-state index in [9.17, 15) is 13.2 Å². The van der Waals surface area contributed by atoms with E-state index >= 15 is 0 Å². The fourth-order valence-corrected chi connectivity index (χ4v) is 2.24. The standard InChI is InChI=1S/C13H23N3O3S/c1-5-6-16-8-10(20(14,18)19)7-11(16)12(17)15-9-13(2,3)4/h7-8H,5-6,9H2,1-4H3,(H,15,17)(H2,14,18,19). The number of primary sulfonamides is 1. The molecular weight excluding hydrogens is 278 g/mol. The highest BCUT2D eigenvalue weighted by molar-refractivity contribution is 7.89. The minimum absolute atomic E-state index is 0.0353. The van der Waals surface area contributed by atoms with Gasteiger partial charge in [0.15, 0.2) is 0 Å². The summed E-state index contributed by atoms with van der Waals surface area (Å²) in [6, 6.07) is 1.32. The zero-order valence-electron chi connectivity index (χ0n) is 12.4. The maximum Gasteiger partial charge on any atom is 0.267 e. The summed E-state index contributed by atoms with van der Waals surface area (Å²) in [5, 5.41) is 7.91. The highest BCUT2D eigenvalue weighted by atomic mass is 32.2. The van der Waals surface area contributed by atoms with Crippen molar-refractivity contribution in [2.24, 2.45) is 10.6 Å². The summed E-state index contributed by atoms with van der Waals surface area (Å²) in [4.78, 5) is 12.1. The SMILES string of the molecule is CCCn1cc(S(N)(=O)=O)cc1C(=O)NCC(C)(C)C. The summed E-state index contributed by atoms with van der Waals surface area (Å²) in [5.74, 6) is -0.289. The van der Waals surface area contributed by atoms with Gasteiger partial charge in [-0.1, -0.05) is 27.7 Å². The van der Waals surface area contributed by atoms with E-state index in [1.54, 1.807) is 4.57 Å². The second-order valence-corrected chi connectivity index (χ2v) is 7.60. The van der Waals surface area contributed by atoms with E-state index in [-0.39, 0.29) is 16.2 Å². The molecule has 0 atom stereocenters. The van der Waals surface area contributed by atoms with Crippen molar-refractivity contribution in [3.63, 3.8) is 0 Å². The fraction of sp³-hybridized carbons (Fsp3) is 0.615. The van der Waals surface area contributed by atoms with Gasteiger partial charge in [-0.05, 0) is 17.9 Å². The molecule has 0 aromatic carbocycles. The lowest BCUT2D eigenvalue weighted by atomic mass is 9.97. The average Bonchev–Trinajstić information content (AvgIpc) is 2.69. The highest BCUT2D eigenvalue weighted by Gasteiger charge is 2.20. The molecule has 0 saturated heterocycles. The normalized spacial score (nSPS) is 12.4. The first-order chi connectivity index (χ1) is 9.04. The van der Waals surface area contributed by atoms with Crippen molar-refractivity contribution in [1.29, 1.82) is 0 Å². The molecule has 114 valence electrons. The zero-order chi connectivity index (χ0) is 15.6. The van der Waals surface area contributed by atoms with E-state index in [2.05, 4.69) is 5.32 Å². The van der Waals surface area contributed by atoms with Crippen molar-refractivity contribution in [3.8, 4) is 0 Å². The van der Waals surface area contributed by atoms with Gasteiger partial charge in [0.1, 0.15) is 10.6 Å². The van der Waals surface area contributed by atoms with Crippen LogP contribution >= 0.6 is 0 Å². The molecule has 1 aromatic heterocycles. The lowest BCUT2D eigenvalue weighted by Gasteiger charge is -2.19. The van der Waals surface area contributed by atoms with Crippen LogP contribution in [0.5, 0.6) is 0 Å². The molecule has 0 aliphatic heterocycles. The van der Waals surface area contributed by atoms with E-state index in [4.69, 9.17) is 5.14 Å². The Bertz CT molecular complexity index is 582. The maximum absolute atomic E-state index is 12.2. The number of rotatable bonds is 5. The molecule has 1 aromatic rings. The summed E-state index contributed by atoms with van der Waals surface area (Å²) >= 11 is 0. The Kier molecular flexibility index (Phi) is 4.99. The number of nitrogens with zero attached hydrogens (tertiary/aromatic N) is 1. The molecule has 0 saturated carbocycles. The summed E-state index contributed by atoms with van der Waals surface area (Å²) in [5.41, 5.74) is 0.279. The topological polar surface area (TPSA) is 94.2 Å².